The second-order valence-electron chi connectivity index (χ2n) is 5.55. The van der Waals surface area contributed by atoms with Crippen LogP contribution in [0.2, 0.25) is 0 Å². The number of hydrogen-bond donors (Lipinski definition) is 3. The van der Waals surface area contributed by atoms with Gasteiger partial charge in [0.05, 0.1) is 12.7 Å². The Morgan fingerprint density at radius 1 is 0.846 bits per heavy atom. The lowest BCUT2D eigenvalue weighted by molar-refractivity contribution is -0.116. The van der Waals surface area contributed by atoms with Gasteiger partial charge in [-0.15, -0.1) is 0 Å². The Morgan fingerprint density at radius 3 is 1.96 bits per heavy atom. The van der Waals surface area contributed by atoms with Crippen LogP contribution in [0.1, 0.15) is 23.7 Å². The summed E-state index contributed by atoms with van der Waals surface area (Å²) in [6, 6.07) is 13.7. The molecule has 0 bridgehead atoms. The van der Waals surface area contributed by atoms with Crippen LogP contribution in [0.5, 0.6) is 0 Å². The smallest absolute Gasteiger partial charge is 0.337 e. The van der Waals surface area contributed by atoms with E-state index in [1.807, 2.05) is 12.1 Å². The van der Waals surface area contributed by atoms with E-state index in [0.717, 1.165) is 11.4 Å². The van der Waals surface area contributed by atoms with Crippen LogP contribution in [-0.4, -0.2) is 31.4 Å². The first-order chi connectivity index (χ1) is 12.5. The average molecular weight is 355 g/mol. The molecule has 0 aliphatic rings. The number of esters is 1. The van der Waals surface area contributed by atoms with Crippen molar-refractivity contribution in [3.63, 3.8) is 0 Å². The number of rotatable bonds is 7. The lowest BCUT2D eigenvalue weighted by Crippen LogP contribution is -2.16. The quantitative estimate of drug-likeness (QED) is 0.664. The Kier molecular flexibility index (Phi) is 6.73. The molecule has 136 valence electrons. The highest BCUT2D eigenvalue weighted by Crippen LogP contribution is 2.14. The zero-order valence-electron chi connectivity index (χ0n) is 14.7. The number of methoxy groups -OCH3 is 1. The SMILES string of the molecule is COC(=O)c1ccc(NC(=O)CCNc2ccc(NC(C)=O)cc2)cc1. The molecule has 2 aromatic rings. The Labute approximate surface area is 151 Å². The van der Waals surface area contributed by atoms with Gasteiger partial charge in [-0.05, 0) is 48.5 Å². The van der Waals surface area contributed by atoms with Crippen LogP contribution in [0.4, 0.5) is 17.1 Å². The minimum Gasteiger partial charge on any atom is -0.465 e. The Hall–Kier alpha value is -3.35. The number of carbonyl (C=O) groups excluding carboxylic acids is 3. The molecule has 3 N–H and O–H groups in total. The molecule has 2 aromatic carbocycles. The molecule has 7 heteroatoms. The van der Waals surface area contributed by atoms with E-state index in [-0.39, 0.29) is 18.2 Å². The van der Waals surface area contributed by atoms with Crippen molar-refractivity contribution in [1.82, 2.24) is 0 Å². The summed E-state index contributed by atoms with van der Waals surface area (Å²) in [5.74, 6) is -0.684. The van der Waals surface area contributed by atoms with Gasteiger partial charge in [0.15, 0.2) is 0 Å². The summed E-state index contributed by atoms with van der Waals surface area (Å²) >= 11 is 0. The van der Waals surface area contributed by atoms with Gasteiger partial charge in [-0.25, -0.2) is 4.79 Å². The molecule has 7 nitrogen and oxygen atoms in total. The maximum Gasteiger partial charge on any atom is 0.337 e. The second-order valence-corrected chi connectivity index (χ2v) is 5.55. The number of anilines is 3. The molecule has 0 aliphatic carbocycles. The summed E-state index contributed by atoms with van der Waals surface area (Å²) in [6.07, 6.45) is 0.284. The van der Waals surface area contributed by atoms with Crippen LogP contribution >= 0.6 is 0 Å². The summed E-state index contributed by atoms with van der Waals surface area (Å²) in [7, 11) is 1.32. The number of ether oxygens (including phenoxy) is 1. The molecule has 0 spiro atoms. The van der Waals surface area contributed by atoms with Crippen molar-refractivity contribution in [3.05, 3.63) is 54.1 Å². The molecule has 0 heterocycles. The Bertz CT molecular complexity index is 770. The Balaban J connectivity index is 1.76. The lowest BCUT2D eigenvalue weighted by Gasteiger charge is -2.09. The summed E-state index contributed by atoms with van der Waals surface area (Å²) < 4.78 is 4.62. The van der Waals surface area contributed by atoms with E-state index < -0.39 is 5.97 Å². The number of nitrogens with one attached hydrogen (secondary N) is 3. The third-order valence-corrected chi connectivity index (χ3v) is 3.48. The predicted molar refractivity (Wildman–Crippen MR) is 100 cm³/mol. The van der Waals surface area contributed by atoms with Crippen molar-refractivity contribution in [2.75, 3.05) is 29.6 Å². The molecule has 0 saturated heterocycles. The molecule has 0 saturated carbocycles. The maximum absolute atomic E-state index is 12.0. The van der Waals surface area contributed by atoms with Gasteiger partial charge in [0, 0.05) is 37.0 Å². The van der Waals surface area contributed by atoms with Crippen LogP contribution < -0.4 is 16.0 Å². The molecule has 0 radical (unpaired) electrons. The minimum atomic E-state index is -0.420. The van der Waals surface area contributed by atoms with E-state index in [2.05, 4.69) is 20.7 Å². The van der Waals surface area contributed by atoms with Crippen LogP contribution in [0.25, 0.3) is 0 Å². The molecular formula is C19H21N3O4. The highest BCUT2D eigenvalue weighted by Gasteiger charge is 2.06. The molecule has 2 rings (SSSR count). The maximum atomic E-state index is 12.0. The molecule has 0 unspecified atom stereocenters. The average Bonchev–Trinajstić information content (AvgIpc) is 2.62. The van der Waals surface area contributed by atoms with E-state index >= 15 is 0 Å². The largest absolute Gasteiger partial charge is 0.465 e. The number of amides is 2. The van der Waals surface area contributed by atoms with Gasteiger partial charge in [0.25, 0.3) is 0 Å². The normalized spacial score (nSPS) is 9.92. The summed E-state index contributed by atoms with van der Waals surface area (Å²) in [5.41, 5.74) is 2.61. The number of carbonyl (C=O) groups is 3. The van der Waals surface area contributed by atoms with Gasteiger partial charge in [-0.3, -0.25) is 9.59 Å². The standard InChI is InChI=1S/C19H21N3O4/c1-13(23)21-16-9-7-15(8-10-16)20-12-11-18(24)22-17-5-3-14(4-6-17)19(25)26-2/h3-10,20H,11-12H2,1-2H3,(H,21,23)(H,22,24). The van der Waals surface area contributed by atoms with Crippen LogP contribution in [0.15, 0.2) is 48.5 Å². The fraction of sp³-hybridized carbons (Fsp3) is 0.211. The number of benzene rings is 2. The predicted octanol–water partition coefficient (Wildman–Crippen LogP) is 2.87. The van der Waals surface area contributed by atoms with Gasteiger partial charge >= 0.3 is 5.97 Å². The van der Waals surface area contributed by atoms with E-state index in [9.17, 15) is 14.4 Å². The first kappa shape index (κ1) is 19.0. The van der Waals surface area contributed by atoms with Gasteiger partial charge in [-0.2, -0.15) is 0 Å². The molecular weight excluding hydrogens is 334 g/mol. The van der Waals surface area contributed by atoms with Gasteiger partial charge in [0.2, 0.25) is 11.8 Å². The van der Waals surface area contributed by atoms with Crippen LogP contribution in [-0.2, 0) is 14.3 Å². The van der Waals surface area contributed by atoms with E-state index in [0.29, 0.717) is 17.8 Å². The molecule has 0 aliphatic heterocycles. The third kappa shape index (κ3) is 5.94. The van der Waals surface area contributed by atoms with E-state index in [1.54, 1.807) is 36.4 Å². The van der Waals surface area contributed by atoms with E-state index in [4.69, 9.17) is 0 Å². The minimum absolute atomic E-state index is 0.123. The van der Waals surface area contributed by atoms with Crippen molar-refractivity contribution in [3.8, 4) is 0 Å². The fourth-order valence-corrected chi connectivity index (χ4v) is 2.23. The summed E-state index contributed by atoms with van der Waals surface area (Å²) in [6.45, 7) is 1.92. The van der Waals surface area contributed by atoms with Gasteiger partial charge < -0.3 is 20.7 Å². The molecule has 0 fully saturated rings. The second kappa shape index (κ2) is 9.22. The van der Waals surface area contributed by atoms with Crippen molar-refractivity contribution < 1.29 is 19.1 Å². The first-order valence-corrected chi connectivity index (χ1v) is 8.07. The lowest BCUT2D eigenvalue weighted by atomic mass is 10.2. The topological polar surface area (TPSA) is 96.5 Å². The van der Waals surface area contributed by atoms with Crippen molar-refractivity contribution >= 4 is 34.8 Å². The Morgan fingerprint density at radius 2 is 1.38 bits per heavy atom. The first-order valence-electron chi connectivity index (χ1n) is 8.07. The highest BCUT2D eigenvalue weighted by atomic mass is 16.5. The van der Waals surface area contributed by atoms with Gasteiger partial charge in [-0.1, -0.05) is 0 Å². The summed E-state index contributed by atoms with van der Waals surface area (Å²) in [4.78, 5) is 34.3. The molecule has 0 atom stereocenters. The fourth-order valence-electron chi connectivity index (χ4n) is 2.23. The van der Waals surface area contributed by atoms with E-state index in [1.165, 1.54) is 14.0 Å². The molecule has 2 amide bonds. The van der Waals surface area contributed by atoms with Gasteiger partial charge in [0.1, 0.15) is 0 Å². The van der Waals surface area contributed by atoms with Crippen molar-refractivity contribution in [1.29, 1.82) is 0 Å². The van der Waals surface area contributed by atoms with Crippen molar-refractivity contribution in [2.45, 2.75) is 13.3 Å². The van der Waals surface area contributed by atoms with Crippen molar-refractivity contribution in [2.24, 2.45) is 0 Å². The molecule has 0 aromatic heterocycles. The monoisotopic (exact) mass is 355 g/mol. The number of hydrogen-bond acceptors (Lipinski definition) is 5. The zero-order chi connectivity index (χ0) is 18.9. The van der Waals surface area contributed by atoms with Crippen LogP contribution in [0.3, 0.4) is 0 Å². The highest BCUT2D eigenvalue weighted by molar-refractivity contribution is 5.93. The third-order valence-electron chi connectivity index (χ3n) is 3.48. The zero-order valence-corrected chi connectivity index (χ0v) is 14.7. The summed E-state index contributed by atoms with van der Waals surface area (Å²) in [5, 5.41) is 8.59. The molecule has 26 heavy (non-hydrogen) atoms. The van der Waals surface area contributed by atoms with Crippen LogP contribution in [0, 0.1) is 0 Å².